The average molecular weight is 298 g/mol. The van der Waals surface area contributed by atoms with Crippen LogP contribution in [0.3, 0.4) is 0 Å². The number of nitrogens with zero attached hydrogens (tertiary/aromatic N) is 2. The zero-order valence-electron chi connectivity index (χ0n) is 11.7. The van der Waals surface area contributed by atoms with Gasteiger partial charge in [-0.2, -0.15) is 0 Å². The first-order valence-corrected chi connectivity index (χ1v) is 6.46. The minimum atomic E-state index is -0.00754. The van der Waals surface area contributed by atoms with Crippen LogP contribution in [0.1, 0.15) is 13.8 Å². The number of fused-ring (bicyclic) bond motifs is 1. The quantitative estimate of drug-likeness (QED) is 0.857. The van der Waals surface area contributed by atoms with E-state index in [1.54, 1.807) is 0 Å². The summed E-state index contributed by atoms with van der Waals surface area (Å²) in [5.74, 6) is 0.784. The molecular formula is C14H20ClN3O2. The fourth-order valence-electron chi connectivity index (χ4n) is 1.88. The number of aliphatic hydroxyl groups excluding tert-OH is 1. The number of carbonyl (C=O) groups excluding carboxylic acids is 1. The van der Waals surface area contributed by atoms with Gasteiger partial charge in [-0.25, -0.2) is 4.98 Å². The second-order valence-corrected chi connectivity index (χ2v) is 4.78. The molecular weight excluding hydrogens is 278 g/mol. The third kappa shape index (κ3) is 3.49. The van der Waals surface area contributed by atoms with E-state index in [0.29, 0.717) is 19.0 Å². The summed E-state index contributed by atoms with van der Waals surface area (Å²) in [6.07, 6.45) is 0. The molecule has 5 nitrogen and oxygen atoms in total. The lowest BCUT2D eigenvalue weighted by Gasteiger charge is -2.11. The number of para-hydroxylation sites is 2. The van der Waals surface area contributed by atoms with Gasteiger partial charge in [0.05, 0.1) is 24.2 Å². The van der Waals surface area contributed by atoms with E-state index in [0.717, 1.165) is 11.0 Å². The molecule has 6 heteroatoms. The fraction of sp³-hybridized carbons (Fsp3) is 0.429. The van der Waals surface area contributed by atoms with Crippen LogP contribution in [0.15, 0.2) is 24.3 Å². The van der Waals surface area contributed by atoms with Crippen LogP contribution in [0.25, 0.3) is 11.0 Å². The molecule has 0 saturated heterocycles. The van der Waals surface area contributed by atoms with Gasteiger partial charge in [0.1, 0.15) is 0 Å². The van der Waals surface area contributed by atoms with Gasteiger partial charge >= 0.3 is 0 Å². The molecule has 1 heterocycles. The Balaban J connectivity index is 0.00000200. The van der Waals surface area contributed by atoms with Gasteiger partial charge in [0, 0.05) is 12.5 Å². The summed E-state index contributed by atoms with van der Waals surface area (Å²) in [7, 11) is 0. The van der Waals surface area contributed by atoms with Crippen molar-refractivity contribution in [3.8, 4) is 0 Å². The van der Waals surface area contributed by atoms with Crippen LogP contribution < -0.4 is 5.32 Å². The molecule has 0 radical (unpaired) electrons. The van der Waals surface area contributed by atoms with Crippen molar-refractivity contribution in [2.75, 3.05) is 18.5 Å². The molecule has 20 heavy (non-hydrogen) atoms. The average Bonchev–Trinajstić information content (AvgIpc) is 2.74. The molecule has 1 aromatic carbocycles. The number of anilines is 1. The lowest BCUT2D eigenvalue weighted by Crippen LogP contribution is -2.18. The maximum absolute atomic E-state index is 12.0. The number of benzene rings is 1. The number of hydrogen-bond donors (Lipinski definition) is 2. The maximum Gasteiger partial charge on any atom is 0.204 e. The normalized spacial score (nSPS) is 10.6. The molecule has 110 valence electrons. The summed E-state index contributed by atoms with van der Waals surface area (Å²) >= 11 is 0. The number of rotatable bonds is 6. The van der Waals surface area contributed by atoms with Gasteiger partial charge in [-0.3, -0.25) is 4.79 Å². The predicted molar refractivity (Wildman–Crippen MR) is 82.4 cm³/mol. The number of hydrogen-bond acceptors (Lipinski definition) is 4. The van der Waals surface area contributed by atoms with E-state index in [9.17, 15) is 4.79 Å². The summed E-state index contributed by atoms with van der Waals surface area (Å²) in [6, 6.07) is 7.70. The second-order valence-electron chi connectivity index (χ2n) is 4.78. The number of carbonyl (C=O) groups is 1. The Morgan fingerprint density at radius 3 is 2.75 bits per heavy atom. The first kappa shape index (κ1) is 16.5. The van der Waals surface area contributed by atoms with E-state index in [4.69, 9.17) is 5.11 Å². The highest BCUT2D eigenvalue weighted by atomic mass is 35.5. The highest BCUT2D eigenvalue weighted by Gasteiger charge is 2.14. The number of imidazole rings is 1. The van der Waals surface area contributed by atoms with Crippen molar-refractivity contribution in [3.05, 3.63) is 24.3 Å². The third-order valence-electron chi connectivity index (χ3n) is 3.01. The lowest BCUT2D eigenvalue weighted by molar-refractivity contribution is -0.122. The number of nitrogens with one attached hydrogen (secondary N) is 1. The van der Waals surface area contributed by atoms with E-state index in [1.807, 2.05) is 42.7 Å². The molecule has 0 unspecified atom stereocenters. The van der Waals surface area contributed by atoms with E-state index in [1.165, 1.54) is 0 Å². The van der Waals surface area contributed by atoms with E-state index in [-0.39, 0.29) is 30.7 Å². The highest BCUT2D eigenvalue weighted by Crippen LogP contribution is 2.20. The summed E-state index contributed by atoms with van der Waals surface area (Å²) < 4.78 is 1.87. The molecule has 0 amide bonds. The van der Waals surface area contributed by atoms with Crippen molar-refractivity contribution in [1.29, 1.82) is 0 Å². The number of aliphatic hydroxyl groups is 1. The topological polar surface area (TPSA) is 67.2 Å². The van der Waals surface area contributed by atoms with Gasteiger partial charge in [0.2, 0.25) is 5.95 Å². The molecule has 2 aromatic rings. The maximum atomic E-state index is 12.0. The minimum absolute atomic E-state index is 0. The Bertz CT molecular complexity index is 581. The Kier molecular flexibility index (Phi) is 5.98. The van der Waals surface area contributed by atoms with Gasteiger partial charge in [-0.05, 0) is 12.1 Å². The highest BCUT2D eigenvalue weighted by molar-refractivity contribution is 5.85. The van der Waals surface area contributed by atoms with Crippen molar-refractivity contribution < 1.29 is 9.90 Å². The Hall–Kier alpha value is -1.59. The van der Waals surface area contributed by atoms with E-state index in [2.05, 4.69) is 10.3 Å². The van der Waals surface area contributed by atoms with Crippen molar-refractivity contribution in [2.45, 2.75) is 20.4 Å². The molecule has 0 aliphatic carbocycles. The van der Waals surface area contributed by atoms with Crippen molar-refractivity contribution >= 4 is 35.2 Å². The third-order valence-corrected chi connectivity index (χ3v) is 3.01. The van der Waals surface area contributed by atoms with Crippen LogP contribution in [0, 0.1) is 5.92 Å². The SMILES string of the molecule is CC(C)C(=O)Cn1c(NCCO)nc2ccccc21.Cl. The Morgan fingerprint density at radius 1 is 1.40 bits per heavy atom. The molecule has 2 N–H and O–H groups in total. The van der Waals surface area contributed by atoms with Crippen molar-refractivity contribution in [2.24, 2.45) is 5.92 Å². The standard InChI is InChI=1S/C14H19N3O2.ClH/c1-10(2)13(19)9-17-12-6-4-3-5-11(12)16-14(17)15-7-8-18;/h3-6,10,18H,7-9H2,1-2H3,(H,15,16);1H. The summed E-state index contributed by atoms with van der Waals surface area (Å²) in [6.45, 7) is 4.52. The Labute approximate surface area is 124 Å². The van der Waals surface area contributed by atoms with Gasteiger partial charge in [-0.15, -0.1) is 12.4 Å². The molecule has 0 atom stereocenters. The van der Waals surface area contributed by atoms with Crippen LogP contribution in [0.5, 0.6) is 0 Å². The molecule has 0 aliphatic heterocycles. The first-order chi connectivity index (χ1) is 9.13. The number of halogens is 1. The smallest absolute Gasteiger partial charge is 0.204 e. The largest absolute Gasteiger partial charge is 0.395 e. The Morgan fingerprint density at radius 2 is 2.10 bits per heavy atom. The second kappa shape index (κ2) is 7.26. The van der Waals surface area contributed by atoms with Crippen molar-refractivity contribution in [1.82, 2.24) is 9.55 Å². The lowest BCUT2D eigenvalue weighted by atomic mass is 10.1. The predicted octanol–water partition coefficient (Wildman–Crippen LogP) is 2.09. The summed E-state index contributed by atoms with van der Waals surface area (Å²) in [5, 5.41) is 11.9. The van der Waals surface area contributed by atoms with Gasteiger partial charge < -0.3 is 15.0 Å². The fourth-order valence-corrected chi connectivity index (χ4v) is 1.88. The van der Waals surface area contributed by atoms with Gasteiger partial charge in [0.25, 0.3) is 0 Å². The number of ketones is 1. The van der Waals surface area contributed by atoms with Crippen LogP contribution in [-0.4, -0.2) is 33.6 Å². The zero-order chi connectivity index (χ0) is 13.8. The van der Waals surface area contributed by atoms with E-state index >= 15 is 0 Å². The summed E-state index contributed by atoms with van der Waals surface area (Å²) in [4.78, 5) is 16.4. The molecule has 0 aliphatic rings. The molecule has 0 fully saturated rings. The van der Waals surface area contributed by atoms with Gasteiger partial charge in [0.15, 0.2) is 5.78 Å². The minimum Gasteiger partial charge on any atom is -0.395 e. The summed E-state index contributed by atoms with van der Waals surface area (Å²) in [5.41, 5.74) is 1.77. The molecule has 2 rings (SSSR count). The number of aromatic nitrogens is 2. The molecule has 1 aromatic heterocycles. The monoisotopic (exact) mass is 297 g/mol. The van der Waals surface area contributed by atoms with Crippen LogP contribution >= 0.6 is 12.4 Å². The number of Topliss-reactive ketones (excluding diaryl/α,β-unsaturated/α-hetero) is 1. The first-order valence-electron chi connectivity index (χ1n) is 6.46. The van der Waals surface area contributed by atoms with Crippen molar-refractivity contribution in [3.63, 3.8) is 0 Å². The zero-order valence-corrected chi connectivity index (χ0v) is 12.5. The molecule has 0 bridgehead atoms. The van der Waals surface area contributed by atoms with Crippen LogP contribution in [-0.2, 0) is 11.3 Å². The molecule has 0 spiro atoms. The van der Waals surface area contributed by atoms with Gasteiger partial charge in [-0.1, -0.05) is 26.0 Å². The van der Waals surface area contributed by atoms with Crippen LogP contribution in [0.2, 0.25) is 0 Å². The van der Waals surface area contributed by atoms with E-state index < -0.39 is 0 Å². The molecule has 0 saturated carbocycles. The van der Waals surface area contributed by atoms with Crippen LogP contribution in [0.4, 0.5) is 5.95 Å².